The Morgan fingerprint density at radius 2 is 1.84 bits per heavy atom. The van der Waals surface area contributed by atoms with Gasteiger partial charge in [0.05, 0.1) is 10.6 Å². The van der Waals surface area contributed by atoms with E-state index in [-0.39, 0.29) is 0 Å². The molecule has 1 fully saturated rings. The number of hydrogen-bond acceptors (Lipinski definition) is 3. The molecule has 1 aromatic carbocycles. The van der Waals surface area contributed by atoms with Crippen molar-refractivity contribution < 1.29 is 8.42 Å². The minimum atomic E-state index is -3.16. The van der Waals surface area contributed by atoms with Crippen LogP contribution in [0.25, 0.3) is 0 Å². The second-order valence-electron chi connectivity index (χ2n) is 5.24. The predicted octanol–water partition coefficient (Wildman–Crippen LogP) is 3.09. The zero-order chi connectivity index (χ0) is 14.0. The van der Waals surface area contributed by atoms with Crippen molar-refractivity contribution >= 4 is 31.5 Å². The fourth-order valence-electron chi connectivity index (χ4n) is 2.63. The first-order chi connectivity index (χ1) is 8.89. The average molecular weight is 346 g/mol. The summed E-state index contributed by atoms with van der Waals surface area (Å²) in [6.45, 7) is 4.03. The van der Waals surface area contributed by atoms with Crippen LogP contribution in [0.3, 0.4) is 0 Å². The first kappa shape index (κ1) is 14.9. The summed E-state index contributed by atoms with van der Waals surface area (Å²) in [5, 5.41) is 0. The van der Waals surface area contributed by atoms with E-state index in [0.29, 0.717) is 15.6 Å². The first-order valence-corrected chi connectivity index (χ1v) is 9.38. The molecule has 5 heteroatoms. The fourth-order valence-corrected chi connectivity index (χ4v) is 4.06. The highest BCUT2D eigenvalue weighted by Gasteiger charge is 2.25. The van der Waals surface area contributed by atoms with Gasteiger partial charge < -0.3 is 4.90 Å². The molecule has 19 heavy (non-hydrogen) atoms. The van der Waals surface area contributed by atoms with Crippen LogP contribution in [0.5, 0.6) is 0 Å². The molecule has 1 atom stereocenters. The lowest BCUT2D eigenvalue weighted by atomic mass is 9.94. The predicted molar refractivity (Wildman–Crippen MR) is 82.9 cm³/mol. The van der Waals surface area contributed by atoms with E-state index >= 15 is 0 Å². The lowest BCUT2D eigenvalue weighted by Gasteiger charge is -2.35. The van der Waals surface area contributed by atoms with Crippen molar-refractivity contribution in [1.29, 1.82) is 0 Å². The van der Waals surface area contributed by atoms with Crippen LogP contribution < -0.4 is 4.90 Å². The zero-order valence-corrected chi connectivity index (χ0v) is 13.7. The highest BCUT2D eigenvalue weighted by Crippen LogP contribution is 2.31. The van der Waals surface area contributed by atoms with Gasteiger partial charge in [-0.2, -0.15) is 0 Å². The standard InChI is InChI=1S/C14H20BrNO2S/c1-11(15)12-7-9-16(10-8-12)13-5-3-4-6-14(13)19(2,17)18/h3-6,11-12H,7-10H2,1-2H3. The Balaban J connectivity index is 2.21. The van der Waals surface area contributed by atoms with E-state index < -0.39 is 9.84 Å². The van der Waals surface area contributed by atoms with E-state index in [2.05, 4.69) is 27.8 Å². The summed E-state index contributed by atoms with van der Waals surface area (Å²) in [7, 11) is -3.16. The molecular weight excluding hydrogens is 326 g/mol. The molecule has 0 spiro atoms. The van der Waals surface area contributed by atoms with Crippen LogP contribution >= 0.6 is 15.9 Å². The molecule has 0 N–H and O–H groups in total. The number of nitrogens with zero attached hydrogens (tertiary/aromatic N) is 1. The smallest absolute Gasteiger partial charge is 0.177 e. The molecule has 3 nitrogen and oxygen atoms in total. The lowest BCUT2D eigenvalue weighted by Crippen LogP contribution is -2.36. The third-order valence-corrected chi connectivity index (χ3v) is 5.69. The van der Waals surface area contributed by atoms with Crippen LogP contribution in [0.1, 0.15) is 19.8 Å². The van der Waals surface area contributed by atoms with E-state index in [0.717, 1.165) is 31.6 Å². The number of alkyl halides is 1. The van der Waals surface area contributed by atoms with Gasteiger partial charge in [0.15, 0.2) is 9.84 Å². The summed E-state index contributed by atoms with van der Waals surface area (Å²) in [5.41, 5.74) is 0.852. The van der Waals surface area contributed by atoms with Gasteiger partial charge in [-0.05, 0) is 30.9 Å². The van der Waals surface area contributed by atoms with Crippen molar-refractivity contribution in [2.24, 2.45) is 5.92 Å². The number of halogens is 1. The Morgan fingerprint density at radius 3 is 2.37 bits per heavy atom. The monoisotopic (exact) mass is 345 g/mol. The Hall–Kier alpha value is -0.550. The van der Waals surface area contributed by atoms with E-state index in [4.69, 9.17) is 0 Å². The molecule has 1 heterocycles. The molecule has 1 aromatic rings. The molecule has 106 valence electrons. The van der Waals surface area contributed by atoms with Gasteiger partial charge in [-0.1, -0.05) is 35.0 Å². The molecule has 1 aliphatic heterocycles. The summed E-state index contributed by atoms with van der Waals surface area (Å²) in [4.78, 5) is 3.17. The molecule has 0 saturated carbocycles. The topological polar surface area (TPSA) is 37.4 Å². The molecule has 1 aliphatic rings. The SMILES string of the molecule is CC(Br)C1CCN(c2ccccc2S(C)(=O)=O)CC1. The zero-order valence-electron chi connectivity index (χ0n) is 11.3. The Kier molecular flexibility index (Phi) is 4.56. The van der Waals surface area contributed by atoms with Crippen LogP contribution in [0.2, 0.25) is 0 Å². The van der Waals surface area contributed by atoms with Gasteiger partial charge in [0.25, 0.3) is 0 Å². The Labute approximate surface area is 124 Å². The summed E-state index contributed by atoms with van der Waals surface area (Å²) in [6, 6.07) is 7.30. The van der Waals surface area contributed by atoms with Gasteiger partial charge in [-0.25, -0.2) is 8.42 Å². The van der Waals surface area contributed by atoms with Crippen molar-refractivity contribution in [1.82, 2.24) is 0 Å². The molecular formula is C14H20BrNO2S. The summed E-state index contributed by atoms with van der Waals surface area (Å²) >= 11 is 3.64. The van der Waals surface area contributed by atoms with E-state index in [1.54, 1.807) is 12.1 Å². The van der Waals surface area contributed by atoms with Gasteiger partial charge in [-0.3, -0.25) is 0 Å². The maximum Gasteiger partial charge on any atom is 0.177 e. The minimum Gasteiger partial charge on any atom is -0.370 e. The van der Waals surface area contributed by atoms with Crippen LogP contribution in [-0.4, -0.2) is 32.6 Å². The number of anilines is 1. The van der Waals surface area contributed by atoms with Crippen LogP contribution in [0.4, 0.5) is 5.69 Å². The molecule has 0 amide bonds. The lowest BCUT2D eigenvalue weighted by molar-refractivity contribution is 0.406. The molecule has 0 radical (unpaired) electrons. The Bertz CT molecular complexity index is 534. The highest BCUT2D eigenvalue weighted by molar-refractivity contribution is 9.09. The van der Waals surface area contributed by atoms with Gasteiger partial charge in [0.2, 0.25) is 0 Å². The van der Waals surface area contributed by atoms with Crippen LogP contribution in [-0.2, 0) is 9.84 Å². The van der Waals surface area contributed by atoms with Gasteiger partial charge in [0.1, 0.15) is 0 Å². The number of sulfone groups is 1. The highest BCUT2D eigenvalue weighted by atomic mass is 79.9. The molecule has 0 aromatic heterocycles. The first-order valence-electron chi connectivity index (χ1n) is 6.57. The maximum absolute atomic E-state index is 11.8. The molecule has 0 bridgehead atoms. The number of para-hydroxylation sites is 1. The van der Waals surface area contributed by atoms with Gasteiger partial charge >= 0.3 is 0 Å². The molecule has 0 aliphatic carbocycles. The average Bonchev–Trinajstić information content (AvgIpc) is 2.38. The van der Waals surface area contributed by atoms with E-state index in [1.807, 2.05) is 12.1 Å². The van der Waals surface area contributed by atoms with E-state index in [1.165, 1.54) is 6.26 Å². The van der Waals surface area contributed by atoms with Crippen molar-refractivity contribution in [2.45, 2.75) is 29.5 Å². The summed E-state index contributed by atoms with van der Waals surface area (Å²) in [6.07, 6.45) is 3.48. The van der Waals surface area contributed by atoms with Crippen LogP contribution in [0.15, 0.2) is 29.2 Å². The van der Waals surface area contributed by atoms with Crippen molar-refractivity contribution in [3.63, 3.8) is 0 Å². The number of piperidine rings is 1. The minimum absolute atomic E-state index is 0.445. The maximum atomic E-state index is 11.8. The normalized spacial score (nSPS) is 19.4. The number of rotatable bonds is 3. The largest absolute Gasteiger partial charge is 0.370 e. The third-order valence-electron chi connectivity index (χ3n) is 3.79. The quantitative estimate of drug-likeness (QED) is 0.790. The third kappa shape index (κ3) is 3.51. The fraction of sp³-hybridized carbons (Fsp3) is 0.571. The molecule has 2 rings (SSSR count). The Morgan fingerprint density at radius 1 is 1.26 bits per heavy atom. The van der Waals surface area contributed by atoms with E-state index in [9.17, 15) is 8.42 Å². The molecule has 1 unspecified atom stereocenters. The second kappa shape index (κ2) is 5.83. The van der Waals surface area contributed by atoms with Crippen molar-refractivity contribution in [3.8, 4) is 0 Å². The van der Waals surface area contributed by atoms with Gasteiger partial charge in [0, 0.05) is 24.2 Å². The summed E-state index contributed by atoms with van der Waals surface area (Å²) in [5.74, 6) is 0.682. The van der Waals surface area contributed by atoms with Crippen molar-refractivity contribution in [3.05, 3.63) is 24.3 Å². The molecule has 1 saturated heterocycles. The van der Waals surface area contributed by atoms with Crippen LogP contribution in [0, 0.1) is 5.92 Å². The summed E-state index contributed by atoms with van der Waals surface area (Å²) < 4.78 is 23.7. The van der Waals surface area contributed by atoms with Crippen molar-refractivity contribution in [2.75, 3.05) is 24.2 Å². The number of benzene rings is 1. The second-order valence-corrected chi connectivity index (χ2v) is 8.67. The number of hydrogen-bond donors (Lipinski definition) is 0. The van der Waals surface area contributed by atoms with Gasteiger partial charge in [-0.15, -0.1) is 0 Å².